The van der Waals surface area contributed by atoms with Gasteiger partial charge in [0.2, 0.25) is 5.91 Å². The van der Waals surface area contributed by atoms with E-state index in [0.29, 0.717) is 16.9 Å². The van der Waals surface area contributed by atoms with E-state index >= 15 is 0 Å². The van der Waals surface area contributed by atoms with Gasteiger partial charge < -0.3 is 0 Å². The zero-order valence-corrected chi connectivity index (χ0v) is 16.6. The van der Waals surface area contributed by atoms with Crippen LogP contribution in [0.25, 0.3) is 6.08 Å². The molecule has 0 saturated carbocycles. The number of hydrazine groups is 1. The quantitative estimate of drug-likeness (QED) is 0.217. The van der Waals surface area contributed by atoms with Crippen LogP contribution in [0.2, 0.25) is 0 Å². The number of nitro groups is 1. The fraction of sp³-hybridized carbons (Fsp3) is 0.389. The molecule has 27 heavy (non-hydrogen) atoms. The normalized spacial score (nSPS) is 15.4. The molecule has 1 N–H and O–H groups in total. The number of benzene rings is 1. The first-order chi connectivity index (χ1) is 12.9. The second-order valence-electron chi connectivity index (χ2n) is 6.06. The second kappa shape index (κ2) is 10.2. The van der Waals surface area contributed by atoms with Gasteiger partial charge >= 0.3 is 0 Å². The molecule has 0 atom stereocenters. The van der Waals surface area contributed by atoms with Crippen molar-refractivity contribution in [2.75, 3.05) is 0 Å². The lowest BCUT2D eigenvalue weighted by Crippen LogP contribution is -2.44. The molecule has 9 heteroatoms. The Bertz CT molecular complexity index is 762. The third-order valence-corrected chi connectivity index (χ3v) is 5.24. The van der Waals surface area contributed by atoms with Crippen LogP contribution in [-0.4, -0.2) is 26.1 Å². The number of nitrogens with one attached hydrogen (secondary N) is 1. The van der Waals surface area contributed by atoms with Gasteiger partial charge in [0.1, 0.15) is 0 Å². The summed E-state index contributed by atoms with van der Waals surface area (Å²) in [6.45, 7) is 2.13. The number of hydrogen-bond acceptors (Lipinski definition) is 6. The first kappa shape index (κ1) is 21.0. The summed E-state index contributed by atoms with van der Waals surface area (Å²) < 4.78 is 0.257. The van der Waals surface area contributed by atoms with Gasteiger partial charge in [-0.3, -0.25) is 25.1 Å². The van der Waals surface area contributed by atoms with Crippen molar-refractivity contribution in [2.45, 2.75) is 45.4 Å². The highest BCUT2D eigenvalue weighted by molar-refractivity contribution is 8.26. The smallest absolute Gasteiger partial charge is 0.273 e. The Hall–Kier alpha value is -2.26. The Morgan fingerprint density at radius 1 is 1.26 bits per heavy atom. The van der Waals surface area contributed by atoms with Crippen LogP contribution < -0.4 is 5.43 Å². The zero-order valence-electron chi connectivity index (χ0n) is 15.0. The highest BCUT2D eigenvalue weighted by Crippen LogP contribution is 2.31. The summed E-state index contributed by atoms with van der Waals surface area (Å²) in [5.74, 6) is -0.637. The standard InChI is InChI=1S/C18H21N3O4S2/c1-2-3-4-5-6-7-16(22)19-20-17(23)15(27-18(20)26)12-13-8-10-14(11-9-13)21(24)25/h8-12H,2-7H2,1H3,(H,19,22)/b15-12-. The molecule has 0 aliphatic carbocycles. The zero-order chi connectivity index (χ0) is 19.8. The molecule has 1 aliphatic heterocycles. The Kier molecular flexibility index (Phi) is 7.93. The third kappa shape index (κ3) is 6.14. The molecule has 0 spiro atoms. The maximum atomic E-state index is 12.5. The van der Waals surface area contributed by atoms with Crippen molar-refractivity contribution in [2.24, 2.45) is 0 Å². The van der Waals surface area contributed by atoms with Crippen LogP contribution in [0, 0.1) is 10.1 Å². The van der Waals surface area contributed by atoms with Gasteiger partial charge in [-0.1, -0.05) is 44.4 Å². The van der Waals surface area contributed by atoms with E-state index in [1.165, 1.54) is 12.1 Å². The number of amides is 2. The first-order valence-electron chi connectivity index (χ1n) is 8.74. The molecule has 1 aromatic rings. The lowest BCUT2D eigenvalue weighted by molar-refractivity contribution is -0.384. The number of carbonyl (C=O) groups is 2. The van der Waals surface area contributed by atoms with E-state index in [4.69, 9.17) is 12.2 Å². The Morgan fingerprint density at radius 3 is 2.56 bits per heavy atom. The van der Waals surface area contributed by atoms with Crippen LogP contribution in [-0.2, 0) is 9.59 Å². The SMILES string of the molecule is CCCCCCCC(=O)NN1C(=O)/C(=C/c2ccc([N+](=O)[O-])cc2)SC1=S. The van der Waals surface area contributed by atoms with Crippen LogP contribution in [0.5, 0.6) is 0 Å². The summed E-state index contributed by atoms with van der Waals surface area (Å²) in [6.07, 6.45) is 7.11. The largest absolute Gasteiger partial charge is 0.285 e. The number of nitro benzene ring substituents is 1. The molecule has 1 aromatic carbocycles. The van der Waals surface area contributed by atoms with Gasteiger partial charge in [0.05, 0.1) is 9.83 Å². The molecule has 144 valence electrons. The monoisotopic (exact) mass is 407 g/mol. The number of thiocarbonyl (C=S) groups is 1. The van der Waals surface area contributed by atoms with Crippen LogP contribution in [0.3, 0.4) is 0 Å². The highest BCUT2D eigenvalue weighted by Gasteiger charge is 2.33. The molecule has 1 fully saturated rings. The van der Waals surface area contributed by atoms with Gasteiger partial charge in [0, 0.05) is 18.6 Å². The van der Waals surface area contributed by atoms with Crippen molar-refractivity contribution in [1.82, 2.24) is 10.4 Å². The van der Waals surface area contributed by atoms with E-state index in [1.54, 1.807) is 18.2 Å². The van der Waals surface area contributed by atoms with Crippen LogP contribution in [0.15, 0.2) is 29.2 Å². The Labute approximate surface area is 167 Å². The number of nitrogens with zero attached hydrogens (tertiary/aromatic N) is 2. The fourth-order valence-electron chi connectivity index (χ4n) is 2.48. The van der Waals surface area contributed by atoms with Crippen LogP contribution in [0.4, 0.5) is 5.69 Å². The molecular formula is C18H21N3O4S2. The lowest BCUT2D eigenvalue weighted by Gasteiger charge is -2.15. The summed E-state index contributed by atoms with van der Waals surface area (Å²) in [5, 5.41) is 11.8. The summed E-state index contributed by atoms with van der Waals surface area (Å²) in [5.41, 5.74) is 3.18. The van der Waals surface area contributed by atoms with Gasteiger partial charge in [0.15, 0.2) is 4.32 Å². The number of rotatable bonds is 9. The number of carbonyl (C=O) groups excluding carboxylic acids is 2. The molecule has 0 aromatic heterocycles. The molecule has 2 amide bonds. The summed E-state index contributed by atoms with van der Waals surface area (Å²) >= 11 is 6.26. The molecule has 1 heterocycles. The van der Waals surface area contributed by atoms with Crippen LogP contribution in [0.1, 0.15) is 51.0 Å². The van der Waals surface area contributed by atoms with E-state index in [2.05, 4.69) is 12.3 Å². The molecule has 7 nitrogen and oxygen atoms in total. The minimum atomic E-state index is -0.485. The predicted molar refractivity (Wildman–Crippen MR) is 110 cm³/mol. The summed E-state index contributed by atoms with van der Waals surface area (Å²) in [4.78, 5) is 35.1. The molecule has 1 aliphatic rings. The van der Waals surface area contributed by atoms with Crippen molar-refractivity contribution in [1.29, 1.82) is 0 Å². The van der Waals surface area contributed by atoms with E-state index < -0.39 is 10.8 Å². The molecule has 1 saturated heterocycles. The fourth-order valence-corrected chi connectivity index (χ4v) is 3.66. The molecule has 2 rings (SSSR count). The van der Waals surface area contributed by atoms with Crippen molar-refractivity contribution in [3.05, 3.63) is 44.8 Å². The second-order valence-corrected chi connectivity index (χ2v) is 7.74. The maximum Gasteiger partial charge on any atom is 0.285 e. The molecule has 0 unspecified atom stereocenters. The van der Waals surface area contributed by atoms with E-state index in [1.807, 2.05) is 0 Å². The number of hydrogen-bond donors (Lipinski definition) is 1. The van der Waals surface area contributed by atoms with Gasteiger partial charge in [-0.2, -0.15) is 5.01 Å². The minimum Gasteiger partial charge on any atom is -0.273 e. The molecule has 0 radical (unpaired) electrons. The minimum absolute atomic E-state index is 0.0223. The average Bonchev–Trinajstić information content (AvgIpc) is 2.89. The van der Waals surface area contributed by atoms with Crippen molar-refractivity contribution >= 4 is 51.9 Å². The Morgan fingerprint density at radius 2 is 1.93 bits per heavy atom. The van der Waals surface area contributed by atoms with E-state index in [0.717, 1.165) is 48.9 Å². The number of non-ortho nitro benzene ring substituents is 1. The van der Waals surface area contributed by atoms with Crippen molar-refractivity contribution in [3.8, 4) is 0 Å². The topological polar surface area (TPSA) is 92.6 Å². The first-order valence-corrected chi connectivity index (χ1v) is 9.96. The van der Waals surface area contributed by atoms with Crippen LogP contribution >= 0.6 is 24.0 Å². The average molecular weight is 408 g/mol. The van der Waals surface area contributed by atoms with Gasteiger partial charge in [0.25, 0.3) is 11.6 Å². The maximum absolute atomic E-state index is 12.5. The Balaban J connectivity index is 1.93. The highest BCUT2D eigenvalue weighted by atomic mass is 32.2. The number of thioether (sulfide) groups is 1. The molecular weight excluding hydrogens is 386 g/mol. The summed E-state index contributed by atoms with van der Waals surface area (Å²) in [7, 11) is 0. The van der Waals surface area contributed by atoms with Crippen molar-refractivity contribution in [3.63, 3.8) is 0 Å². The van der Waals surface area contributed by atoms with Gasteiger partial charge in [-0.05, 0) is 42.4 Å². The molecule has 0 bridgehead atoms. The summed E-state index contributed by atoms with van der Waals surface area (Å²) in [6, 6.07) is 5.85. The van der Waals surface area contributed by atoms with E-state index in [-0.39, 0.29) is 15.9 Å². The van der Waals surface area contributed by atoms with E-state index in [9.17, 15) is 19.7 Å². The van der Waals surface area contributed by atoms with Crippen molar-refractivity contribution < 1.29 is 14.5 Å². The predicted octanol–water partition coefficient (Wildman–Crippen LogP) is 4.19. The lowest BCUT2D eigenvalue weighted by atomic mass is 10.1. The van der Waals surface area contributed by atoms with Gasteiger partial charge in [-0.25, -0.2) is 0 Å². The van der Waals surface area contributed by atoms with Gasteiger partial charge in [-0.15, -0.1) is 0 Å². The third-order valence-electron chi connectivity index (χ3n) is 3.94. The number of unbranched alkanes of at least 4 members (excludes halogenated alkanes) is 4.